The predicted octanol–water partition coefficient (Wildman–Crippen LogP) is 7.38. The zero-order chi connectivity index (χ0) is 20.0. The lowest BCUT2D eigenvalue weighted by atomic mass is 9.76. The molecule has 0 radical (unpaired) electrons. The number of alkyl halides is 3. The molecule has 29 heavy (non-hydrogen) atoms. The first-order valence-corrected chi connectivity index (χ1v) is 10.1. The number of allylic oxidation sites excluding steroid dienone is 4. The van der Waals surface area contributed by atoms with Gasteiger partial charge in [0.25, 0.3) is 0 Å². The molecule has 0 fully saturated rings. The number of benzene rings is 3. The Morgan fingerprint density at radius 1 is 0.862 bits per heavy atom. The van der Waals surface area contributed by atoms with Crippen molar-refractivity contribution in [1.82, 2.24) is 0 Å². The van der Waals surface area contributed by atoms with E-state index in [1.807, 2.05) is 0 Å². The van der Waals surface area contributed by atoms with Crippen molar-refractivity contribution in [2.75, 3.05) is 0 Å². The fraction of sp³-hybridized carbons (Fsp3) is 0.231. The zero-order valence-electron chi connectivity index (χ0n) is 16.0. The molecule has 5 rings (SSSR count). The van der Waals surface area contributed by atoms with Crippen molar-refractivity contribution >= 4 is 16.3 Å². The second-order valence-corrected chi connectivity index (χ2v) is 8.01. The maximum atomic E-state index is 13.3. The molecule has 2 aliphatic rings. The number of rotatable bonds is 2. The predicted molar refractivity (Wildman–Crippen MR) is 112 cm³/mol. The molecule has 0 N–H and O–H groups in total. The molecule has 0 nitrogen and oxygen atoms in total. The molecule has 0 aromatic heterocycles. The van der Waals surface area contributed by atoms with Crippen molar-refractivity contribution in [3.8, 4) is 0 Å². The summed E-state index contributed by atoms with van der Waals surface area (Å²) in [5, 5.41) is 2.57. The summed E-state index contributed by atoms with van der Waals surface area (Å²) in [6.07, 6.45) is 3.19. The molecule has 3 heteroatoms. The topological polar surface area (TPSA) is 0 Å². The highest BCUT2D eigenvalue weighted by Gasteiger charge is 2.33. The van der Waals surface area contributed by atoms with Crippen molar-refractivity contribution in [2.24, 2.45) is 5.92 Å². The van der Waals surface area contributed by atoms with E-state index in [-0.39, 0.29) is 5.92 Å². The van der Waals surface area contributed by atoms with Crippen LogP contribution in [0.2, 0.25) is 0 Å². The molecule has 0 aliphatic heterocycles. The smallest absolute Gasteiger partial charge is 0.166 e. The summed E-state index contributed by atoms with van der Waals surface area (Å²) in [5.41, 5.74) is 5.22. The molecule has 2 aliphatic carbocycles. The highest BCUT2D eigenvalue weighted by atomic mass is 19.4. The van der Waals surface area contributed by atoms with Crippen LogP contribution in [-0.2, 0) is 19.0 Å². The van der Waals surface area contributed by atoms with Crippen molar-refractivity contribution < 1.29 is 13.2 Å². The first-order valence-electron chi connectivity index (χ1n) is 10.1. The zero-order valence-corrected chi connectivity index (χ0v) is 16.0. The van der Waals surface area contributed by atoms with E-state index in [9.17, 15) is 13.2 Å². The summed E-state index contributed by atoms with van der Waals surface area (Å²) in [6, 6.07) is 18.8. The third-order valence-corrected chi connectivity index (χ3v) is 6.24. The van der Waals surface area contributed by atoms with E-state index >= 15 is 0 Å². The van der Waals surface area contributed by atoms with Gasteiger partial charge in [0, 0.05) is 0 Å². The van der Waals surface area contributed by atoms with E-state index in [2.05, 4.69) is 48.6 Å². The van der Waals surface area contributed by atoms with E-state index in [1.165, 1.54) is 45.2 Å². The molecular formula is C26H21F3. The molecule has 0 saturated carbocycles. The molecule has 1 unspecified atom stereocenters. The summed E-state index contributed by atoms with van der Waals surface area (Å²) in [4.78, 5) is 0. The quantitative estimate of drug-likeness (QED) is 0.428. The molecular weight excluding hydrogens is 369 g/mol. The van der Waals surface area contributed by atoms with Gasteiger partial charge in [-0.15, -0.1) is 0 Å². The van der Waals surface area contributed by atoms with Crippen molar-refractivity contribution in [2.45, 2.75) is 31.9 Å². The van der Waals surface area contributed by atoms with E-state index in [1.54, 1.807) is 12.1 Å². The molecule has 0 amide bonds. The van der Waals surface area contributed by atoms with Gasteiger partial charge in [0.05, 0.1) is 5.56 Å². The lowest BCUT2D eigenvalue weighted by Crippen LogP contribution is -2.15. The van der Waals surface area contributed by atoms with Gasteiger partial charge in [0.15, 0.2) is 0 Å². The first-order chi connectivity index (χ1) is 14.0. The van der Waals surface area contributed by atoms with E-state index in [0.717, 1.165) is 19.3 Å². The minimum Gasteiger partial charge on any atom is -0.166 e. The highest BCUT2D eigenvalue weighted by molar-refractivity contribution is 5.93. The lowest BCUT2D eigenvalue weighted by molar-refractivity contribution is -0.138. The third kappa shape index (κ3) is 3.29. The van der Waals surface area contributed by atoms with Crippen LogP contribution < -0.4 is 0 Å². The van der Waals surface area contributed by atoms with Gasteiger partial charge in [-0.05, 0) is 70.7 Å². The molecule has 0 saturated heterocycles. The Balaban J connectivity index is 1.45. The van der Waals surface area contributed by atoms with Crippen molar-refractivity contribution in [1.29, 1.82) is 0 Å². The van der Waals surface area contributed by atoms with Crippen LogP contribution in [0.5, 0.6) is 0 Å². The molecule has 0 heterocycles. The van der Waals surface area contributed by atoms with Gasteiger partial charge in [0.1, 0.15) is 0 Å². The second kappa shape index (κ2) is 6.91. The van der Waals surface area contributed by atoms with E-state index in [4.69, 9.17) is 0 Å². The Bertz CT molecular complexity index is 1150. The summed E-state index contributed by atoms with van der Waals surface area (Å²) >= 11 is 0. The van der Waals surface area contributed by atoms with Gasteiger partial charge in [-0.3, -0.25) is 0 Å². The number of fused-ring (bicyclic) bond motifs is 4. The Morgan fingerprint density at radius 2 is 1.66 bits per heavy atom. The van der Waals surface area contributed by atoms with Crippen LogP contribution in [0, 0.1) is 5.92 Å². The maximum absolute atomic E-state index is 13.3. The molecule has 1 atom stereocenters. The molecule has 0 bridgehead atoms. The summed E-state index contributed by atoms with van der Waals surface area (Å²) < 4.78 is 40.0. The first kappa shape index (κ1) is 18.2. The molecule has 3 aromatic rings. The van der Waals surface area contributed by atoms with Crippen LogP contribution in [-0.4, -0.2) is 0 Å². The van der Waals surface area contributed by atoms with Gasteiger partial charge >= 0.3 is 6.18 Å². The van der Waals surface area contributed by atoms with E-state index in [0.29, 0.717) is 12.0 Å². The summed E-state index contributed by atoms with van der Waals surface area (Å²) in [5.74, 6) is 0.110. The van der Waals surface area contributed by atoms with Crippen LogP contribution in [0.3, 0.4) is 0 Å². The minimum absolute atomic E-state index is 0.110. The van der Waals surface area contributed by atoms with Gasteiger partial charge in [-0.1, -0.05) is 72.3 Å². The average Bonchev–Trinajstić information content (AvgIpc) is 2.72. The summed E-state index contributed by atoms with van der Waals surface area (Å²) in [6.45, 7) is 0. The molecule has 0 spiro atoms. The van der Waals surface area contributed by atoms with Crippen LogP contribution >= 0.6 is 0 Å². The van der Waals surface area contributed by atoms with Gasteiger partial charge in [0.2, 0.25) is 0 Å². The Morgan fingerprint density at radius 3 is 2.52 bits per heavy atom. The molecule has 3 aromatic carbocycles. The number of hydrogen-bond donors (Lipinski definition) is 0. The summed E-state index contributed by atoms with van der Waals surface area (Å²) in [7, 11) is 0. The van der Waals surface area contributed by atoms with Gasteiger partial charge in [-0.2, -0.15) is 13.2 Å². The average molecular weight is 390 g/mol. The Kier molecular flexibility index (Phi) is 4.34. The number of halogens is 3. The Labute approximate surface area is 168 Å². The molecule has 146 valence electrons. The third-order valence-electron chi connectivity index (χ3n) is 6.24. The second-order valence-electron chi connectivity index (χ2n) is 8.01. The minimum atomic E-state index is -4.30. The number of hydrogen-bond acceptors (Lipinski definition) is 0. The fourth-order valence-corrected chi connectivity index (χ4v) is 4.89. The van der Waals surface area contributed by atoms with Crippen LogP contribution in [0.25, 0.3) is 16.3 Å². The largest absolute Gasteiger partial charge is 0.416 e. The lowest BCUT2D eigenvalue weighted by Gasteiger charge is -2.29. The van der Waals surface area contributed by atoms with Crippen molar-refractivity contribution in [3.05, 3.63) is 101 Å². The standard InChI is InChI=1S/C26H21F3/c27-26(28,29)25-8-4-2-6-20(25)16-17-9-12-22-19(15-17)11-14-23-21-7-3-1-5-18(21)10-13-24(22)23/h1-10,12-13,17H,11,14-16H2. The van der Waals surface area contributed by atoms with Gasteiger partial charge in [-0.25, -0.2) is 0 Å². The van der Waals surface area contributed by atoms with Gasteiger partial charge < -0.3 is 0 Å². The SMILES string of the molecule is FC(F)(F)c1ccccc1CC1C=CC2=C(CCc3c2ccc2ccccc32)C1. The monoisotopic (exact) mass is 390 g/mol. The normalized spacial score (nSPS) is 18.7. The maximum Gasteiger partial charge on any atom is 0.416 e. The van der Waals surface area contributed by atoms with E-state index < -0.39 is 11.7 Å². The van der Waals surface area contributed by atoms with Crippen LogP contribution in [0.1, 0.15) is 35.1 Å². The Hall–Kier alpha value is -2.81. The van der Waals surface area contributed by atoms with Crippen LogP contribution in [0.15, 0.2) is 78.4 Å². The fourth-order valence-electron chi connectivity index (χ4n) is 4.89. The number of aryl methyl sites for hydroxylation is 1. The van der Waals surface area contributed by atoms with Crippen LogP contribution in [0.4, 0.5) is 13.2 Å². The highest BCUT2D eigenvalue weighted by Crippen LogP contribution is 2.42. The van der Waals surface area contributed by atoms with Crippen molar-refractivity contribution in [3.63, 3.8) is 0 Å².